The lowest BCUT2D eigenvalue weighted by Crippen LogP contribution is -2.50. The molecule has 0 aliphatic carbocycles. The zero-order valence-corrected chi connectivity index (χ0v) is 17.8. The maximum absolute atomic E-state index is 13.2. The van der Waals surface area contributed by atoms with Crippen LogP contribution in [0, 0.1) is 6.92 Å². The SMILES string of the molecule is Cc1nc2ccc(C(=O)N3CCN(C(=O)c4ccccn4)CC3)cn2c1-c1ccccc1. The molecule has 0 radical (unpaired) electrons. The number of carbonyl (C=O) groups excluding carboxylic acids is 2. The fraction of sp³-hybridized carbons (Fsp3) is 0.200. The van der Waals surface area contributed by atoms with E-state index < -0.39 is 0 Å². The average molecular weight is 425 g/mol. The third kappa shape index (κ3) is 3.62. The summed E-state index contributed by atoms with van der Waals surface area (Å²) in [6.07, 6.45) is 3.48. The van der Waals surface area contributed by atoms with Crippen LogP contribution in [-0.4, -0.2) is 62.2 Å². The summed E-state index contributed by atoms with van der Waals surface area (Å²) in [5.41, 5.74) is 4.81. The van der Waals surface area contributed by atoms with Crippen LogP contribution in [0.2, 0.25) is 0 Å². The number of amides is 2. The van der Waals surface area contributed by atoms with E-state index >= 15 is 0 Å². The molecule has 0 bridgehead atoms. The van der Waals surface area contributed by atoms with Gasteiger partial charge in [-0.3, -0.25) is 19.0 Å². The summed E-state index contributed by atoms with van der Waals surface area (Å²) in [6.45, 7) is 3.94. The zero-order valence-electron chi connectivity index (χ0n) is 17.8. The van der Waals surface area contributed by atoms with Gasteiger partial charge in [0.2, 0.25) is 0 Å². The monoisotopic (exact) mass is 425 g/mol. The molecule has 4 aromatic rings. The Bertz CT molecular complexity index is 1280. The van der Waals surface area contributed by atoms with E-state index in [2.05, 4.69) is 9.97 Å². The van der Waals surface area contributed by atoms with E-state index in [4.69, 9.17) is 0 Å². The number of imidazole rings is 1. The van der Waals surface area contributed by atoms with E-state index in [1.54, 1.807) is 34.2 Å². The maximum atomic E-state index is 13.2. The molecule has 0 atom stereocenters. The van der Waals surface area contributed by atoms with E-state index in [1.807, 2.05) is 60.0 Å². The van der Waals surface area contributed by atoms with Crippen LogP contribution >= 0.6 is 0 Å². The van der Waals surface area contributed by atoms with Crippen molar-refractivity contribution in [3.05, 3.63) is 90.0 Å². The van der Waals surface area contributed by atoms with Gasteiger partial charge in [-0.15, -0.1) is 0 Å². The Morgan fingerprint density at radius 2 is 1.50 bits per heavy atom. The molecule has 160 valence electrons. The second kappa shape index (κ2) is 8.26. The molecule has 1 aliphatic rings. The lowest BCUT2D eigenvalue weighted by molar-refractivity contribution is 0.0532. The molecule has 1 fully saturated rings. The van der Waals surface area contributed by atoms with Gasteiger partial charge in [0, 0.05) is 44.1 Å². The smallest absolute Gasteiger partial charge is 0.272 e. The first-order chi connectivity index (χ1) is 15.6. The number of fused-ring (bicyclic) bond motifs is 1. The summed E-state index contributed by atoms with van der Waals surface area (Å²) in [4.78, 5) is 38.2. The second-order valence-electron chi connectivity index (χ2n) is 7.86. The molecule has 1 aromatic carbocycles. The Hall–Kier alpha value is -4.00. The van der Waals surface area contributed by atoms with Gasteiger partial charge in [-0.25, -0.2) is 4.98 Å². The summed E-state index contributed by atoms with van der Waals surface area (Å²) in [5, 5.41) is 0. The van der Waals surface area contributed by atoms with Crippen molar-refractivity contribution < 1.29 is 9.59 Å². The van der Waals surface area contributed by atoms with Crippen molar-refractivity contribution in [3.63, 3.8) is 0 Å². The van der Waals surface area contributed by atoms with Gasteiger partial charge in [-0.05, 0) is 31.2 Å². The Morgan fingerprint density at radius 3 is 2.19 bits per heavy atom. The molecule has 0 N–H and O–H groups in total. The quantitative estimate of drug-likeness (QED) is 0.505. The van der Waals surface area contributed by atoms with E-state index in [9.17, 15) is 9.59 Å². The average Bonchev–Trinajstić information content (AvgIpc) is 3.19. The Kier molecular flexibility index (Phi) is 5.15. The molecule has 4 heterocycles. The number of rotatable bonds is 3. The highest BCUT2D eigenvalue weighted by atomic mass is 16.2. The summed E-state index contributed by atoms with van der Waals surface area (Å²) in [7, 11) is 0. The summed E-state index contributed by atoms with van der Waals surface area (Å²) in [5.74, 6) is -0.136. The van der Waals surface area contributed by atoms with Crippen molar-refractivity contribution in [2.24, 2.45) is 0 Å². The molecular formula is C25H23N5O2. The lowest BCUT2D eigenvalue weighted by atomic mass is 10.1. The highest BCUT2D eigenvalue weighted by molar-refractivity contribution is 5.95. The van der Waals surface area contributed by atoms with Gasteiger partial charge >= 0.3 is 0 Å². The Labute approximate surface area is 185 Å². The van der Waals surface area contributed by atoms with Crippen molar-refractivity contribution in [2.75, 3.05) is 26.2 Å². The Balaban J connectivity index is 1.35. The van der Waals surface area contributed by atoms with E-state index in [0.717, 1.165) is 22.6 Å². The fourth-order valence-corrected chi connectivity index (χ4v) is 4.18. The molecule has 32 heavy (non-hydrogen) atoms. The van der Waals surface area contributed by atoms with Crippen LogP contribution < -0.4 is 0 Å². The predicted molar refractivity (Wildman–Crippen MR) is 121 cm³/mol. The minimum atomic E-state index is -0.0967. The van der Waals surface area contributed by atoms with Crippen LogP contribution in [0.5, 0.6) is 0 Å². The van der Waals surface area contributed by atoms with Crippen LogP contribution in [0.4, 0.5) is 0 Å². The minimum Gasteiger partial charge on any atom is -0.335 e. The zero-order chi connectivity index (χ0) is 22.1. The van der Waals surface area contributed by atoms with Crippen LogP contribution in [0.1, 0.15) is 26.5 Å². The first-order valence-electron chi connectivity index (χ1n) is 10.7. The molecular weight excluding hydrogens is 402 g/mol. The van der Waals surface area contributed by atoms with Gasteiger partial charge in [0.05, 0.1) is 17.0 Å². The number of nitrogens with zero attached hydrogens (tertiary/aromatic N) is 5. The molecule has 1 aliphatic heterocycles. The molecule has 0 saturated carbocycles. The van der Waals surface area contributed by atoms with Gasteiger partial charge < -0.3 is 9.80 Å². The molecule has 1 saturated heterocycles. The molecule has 7 nitrogen and oxygen atoms in total. The minimum absolute atomic E-state index is 0.0396. The number of hydrogen-bond donors (Lipinski definition) is 0. The lowest BCUT2D eigenvalue weighted by Gasteiger charge is -2.34. The first kappa shape index (κ1) is 19.9. The number of aromatic nitrogens is 3. The van der Waals surface area contributed by atoms with Crippen LogP contribution in [0.3, 0.4) is 0 Å². The molecule has 7 heteroatoms. The number of aryl methyl sites for hydroxylation is 1. The van der Waals surface area contributed by atoms with Gasteiger partial charge in [0.1, 0.15) is 11.3 Å². The Morgan fingerprint density at radius 1 is 0.812 bits per heavy atom. The van der Waals surface area contributed by atoms with Crippen molar-refractivity contribution in [2.45, 2.75) is 6.92 Å². The highest BCUT2D eigenvalue weighted by Crippen LogP contribution is 2.25. The predicted octanol–water partition coefficient (Wildman–Crippen LogP) is 3.30. The van der Waals surface area contributed by atoms with Gasteiger partial charge in [-0.2, -0.15) is 0 Å². The fourth-order valence-electron chi connectivity index (χ4n) is 4.18. The van der Waals surface area contributed by atoms with Gasteiger partial charge in [0.15, 0.2) is 0 Å². The van der Waals surface area contributed by atoms with Crippen molar-refractivity contribution >= 4 is 17.5 Å². The first-order valence-corrected chi connectivity index (χ1v) is 10.7. The molecule has 0 spiro atoms. The summed E-state index contributed by atoms with van der Waals surface area (Å²) >= 11 is 0. The molecule has 5 rings (SSSR count). The van der Waals surface area contributed by atoms with Crippen molar-refractivity contribution in [1.82, 2.24) is 24.2 Å². The van der Waals surface area contributed by atoms with Crippen molar-refractivity contribution in [3.8, 4) is 11.3 Å². The third-order valence-electron chi connectivity index (χ3n) is 5.83. The van der Waals surface area contributed by atoms with Gasteiger partial charge in [-0.1, -0.05) is 36.4 Å². The van der Waals surface area contributed by atoms with Crippen LogP contribution in [0.15, 0.2) is 73.1 Å². The van der Waals surface area contributed by atoms with Gasteiger partial charge in [0.25, 0.3) is 11.8 Å². The normalized spacial score (nSPS) is 14.0. The van der Waals surface area contributed by atoms with Crippen LogP contribution in [0.25, 0.3) is 16.9 Å². The van der Waals surface area contributed by atoms with E-state index in [0.29, 0.717) is 37.4 Å². The number of pyridine rings is 2. The number of hydrogen-bond acceptors (Lipinski definition) is 4. The molecule has 2 amide bonds. The number of piperazine rings is 1. The third-order valence-corrected chi connectivity index (χ3v) is 5.83. The number of carbonyl (C=O) groups is 2. The molecule has 3 aromatic heterocycles. The highest BCUT2D eigenvalue weighted by Gasteiger charge is 2.26. The summed E-state index contributed by atoms with van der Waals surface area (Å²) in [6, 6.07) is 19.1. The molecule has 0 unspecified atom stereocenters. The van der Waals surface area contributed by atoms with E-state index in [1.165, 1.54) is 0 Å². The topological polar surface area (TPSA) is 70.8 Å². The maximum Gasteiger partial charge on any atom is 0.272 e. The summed E-state index contributed by atoms with van der Waals surface area (Å²) < 4.78 is 1.98. The van der Waals surface area contributed by atoms with Crippen molar-refractivity contribution in [1.29, 1.82) is 0 Å². The largest absolute Gasteiger partial charge is 0.335 e. The number of benzene rings is 1. The van der Waals surface area contributed by atoms with Crippen LogP contribution in [-0.2, 0) is 0 Å². The van der Waals surface area contributed by atoms with E-state index in [-0.39, 0.29) is 11.8 Å². The second-order valence-corrected chi connectivity index (χ2v) is 7.86. The standard InChI is InChI=1S/C25H23N5O2/c1-18-23(19-7-3-2-4-8-19)30-17-20(10-11-22(30)27-18)24(31)28-13-15-29(16-14-28)25(32)21-9-5-6-12-26-21/h2-12,17H,13-16H2,1H3.